The van der Waals surface area contributed by atoms with E-state index in [1.54, 1.807) is 25.3 Å². The summed E-state index contributed by atoms with van der Waals surface area (Å²) in [6, 6.07) is 8.50. The highest BCUT2D eigenvalue weighted by Crippen LogP contribution is 2.17. The minimum atomic E-state index is -0.767. The van der Waals surface area contributed by atoms with Crippen molar-refractivity contribution in [2.75, 3.05) is 11.9 Å². The number of anilines is 1. The number of nitrogens with one attached hydrogen (secondary N) is 3. The Kier molecular flexibility index (Phi) is 6.05. The normalized spacial score (nSPS) is 11.8. The number of aromatic amines is 1. The fourth-order valence-corrected chi connectivity index (χ4v) is 3.27. The van der Waals surface area contributed by atoms with Crippen molar-refractivity contribution in [1.82, 2.24) is 15.3 Å². The smallest absolute Gasteiger partial charge is 0.311 e. The molecule has 8 nitrogen and oxygen atoms in total. The summed E-state index contributed by atoms with van der Waals surface area (Å²) in [6.45, 7) is 3.62. The number of carbonyl (C=O) groups excluding carboxylic acids is 3. The van der Waals surface area contributed by atoms with Crippen molar-refractivity contribution < 1.29 is 19.1 Å². The van der Waals surface area contributed by atoms with Gasteiger partial charge >= 0.3 is 5.97 Å². The Morgan fingerprint density at radius 1 is 1.29 bits per heavy atom. The fourth-order valence-electron chi connectivity index (χ4n) is 2.55. The summed E-state index contributed by atoms with van der Waals surface area (Å²) in [4.78, 5) is 43.4. The maximum atomic E-state index is 12.4. The van der Waals surface area contributed by atoms with Crippen molar-refractivity contribution in [1.29, 1.82) is 0 Å². The molecule has 0 saturated carbocycles. The lowest BCUT2D eigenvalue weighted by atomic mass is 10.2. The summed E-state index contributed by atoms with van der Waals surface area (Å²) >= 11 is 1.20. The first-order chi connectivity index (χ1) is 13.5. The molecule has 3 aromatic rings. The number of nitrogens with zero attached hydrogens (tertiary/aromatic N) is 1. The van der Waals surface area contributed by atoms with Gasteiger partial charge in [-0.25, -0.2) is 4.98 Å². The lowest BCUT2D eigenvalue weighted by Crippen LogP contribution is -2.41. The predicted octanol–water partition coefficient (Wildman–Crippen LogP) is 2.49. The molecule has 0 bridgehead atoms. The van der Waals surface area contributed by atoms with E-state index >= 15 is 0 Å². The number of ether oxygens (including phenoxy) is 1. The van der Waals surface area contributed by atoms with Crippen LogP contribution in [0.4, 0.5) is 5.13 Å². The van der Waals surface area contributed by atoms with Gasteiger partial charge < -0.3 is 20.4 Å². The largest absolute Gasteiger partial charge is 0.466 e. The standard InChI is InChI=1S/C19H20N4O4S/c1-3-27-16(24)9-13-10-28-19(21-13)23-17(25)11(2)20-18(26)15-8-12-6-4-5-7-14(12)22-15/h4-8,10-11,22H,3,9H2,1-2H3,(H,20,26)(H,21,23,25)/t11-/m0/s1. The number of hydrogen-bond acceptors (Lipinski definition) is 6. The van der Waals surface area contributed by atoms with Crippen LogP contribution in [0, 0.1) is 0 Å². The lowest BCUT2D eigenvalue weighted by molar-refractivity contribution is -0.142. The van der Waals surface area contributed by atoms with E-state index in [9.17, 15) is 14.4 Å². The van der Waals surface area contributed by atoms with Gasteiger partial charge in [-0.05, 0) is 26.0 Å². The summed E-state index contributed by atoms with van der Waals surface area (Å²) in [5, 5.41) is 8.25. The number of benzene rings is 1. The van der Waals surface area contributed by atoms with E-state index < -0.39 is 11.9 Å². The number of carbonyl (C=O) groups is 3. The number of thiazole rings is 1. The third kappa shape index (κ3) is 4.74. The van der Waals surface area contributed by atoms with Gasteiger partial charge in [0.25, 0.3) is 5.91 Å². The molecular weight excluding hydrogens is 380 g/mol. The average Bonchev–Trinajstić information content (AvgIpc) is 3.28. The molecule has 2 aromatic heterocycles. The molecular formula is C19H20N4O4S. The number of H-pyrrole nitrogens is 1. The minimum Gasteiger partial charge on any atom is -0.466 e. The average molecular weight is 400 g/mol. The zero-order valence-electron chi connectivity index (χ0n) is 15.4. The van der Waals surface area contributed by atoms with E-state index in [2.05, 4.69) is 20.6 Å². The van der Waals surface area contributed by atoms with Crippen molar-refractivity contribution in [2.24, 2.45) is 0 Å². The third-order valence-corrected chi connectivity index (χ3v) is 4.73. The van der Waals surface area contributed by atoms with E-state index in [4.69, 9.17) is 4.74 Å². The monoisotopic (exact) mass is 400 g/mol. The van der Waals surface area contributed by atoms with Crippen LogP contribution in [0.1, 0.15) is 30.0 Å². The van der Waals surface area contributed by atoms with Crippen LogP contribution in [-0.4, -0.2) is 40.4 Å². The molecule has 0 saturated heterocycles. The van der Waals surface area contributed by atoms with Gasteiger partial charge in [0, 0.05) is 16.3 Å². The lowest BCUT2D eigenvalue weighted by Gasteiger charge is -2.12. The van der Waals surface area contributed by atoms with Gasteiger partial charge in [0.1, 0.15) is 11.7 Å². The topological polar surface area (TPSA) is 113 Å². The molecule has 0 fully saturated rings. The number of aromatic nitrogens is 2. The molecule has 2 heterocycles. The molecule has 3 rings (SSSR count). The molecule has 0 spiro atoms. The second-order valence-corrected chi connectivity index (χ2v) is 6.94. The summed E-state index contributed by atoms with van der Waals surface area (Å²) < 4.78 is 4.87. The van der Waals surface area contributed by atoms with Gasteiger partial charge in [-0.15, -0.1) is 11.3 Å². The molecule has 3 N–H and O–H groups in total. The van der Waals surface area contributed by atoms with Gasteiger partial charge in [-0.3, -0.25) is 14.4 Å². The molecule has 0 aliphatic heterocycles. The molecule has 2 amide bonds. The highest BCUT2D eigenvalue weighted by molar-refractivity contribution is 7.13. The molecule has 0 aliphatic rings. The van der Waals surface area contributed by atoms with Crippen molar-refractivity contribution in [3.05, 3.63) is 47.1 Å². The Morgan fingerprint density at radius 3 is 2.82 bits per heavy atom. The molecule has 1 aromatic carbocycles. The first-order valence-corrected chi connectivity index (χ1v) is 9.63. The Balaban J connectivity index is 1.56. The molecule has 9 heteroatoms. The van der Waals surface area contributed by atoms with Crippen LogP contribution < -0.4 is 10.6 Å². The molecule has 0 unspecified atom stereocenters. The van der Waals surface area contributed by atoms with E-state index in [1.165, 1.54) is 11.3 Å². The number of fused-ring (bicyclic) bond motifs is 1. The number of amides is 2. The predicted molar refractivity (Wildman–Crippen MR) is 106 cm³/mol. The Morgan fingerprint density at radius 2 is 2.07 bits per heavy atom. The summed E-state index contributed by atoms with van der Waals surface area (Å²) in [5.41, 5.74) is 1.75. The third-order valence-electron chi connectivity index (χ3n) is 3.93. The summed E-state index contributed by atoms with van der Waals surface area (Å²) in [6.07, 6.45) is 0.0485. The second-order valence-electron chi connectivity index (χ2n) is 6.08. The van der Waals surface area contributed by atoms with Crippen molar-refractivity contribution in [2.45, 2.75) is 26.3 Å². The molecule has 0 aliphatic carbocycles. The number of para-hydroxylation sites is 1. The molecule has 1 atom stereocenters. The van der Waals surface area contributed by atoms with Crippen LogP contribution in [0.25, 0.3) is 10.9 Å². The minimum absolute atomic E-state index is 0.0485. The first-order valence-electron chi connectivity index (χ1n) is 8.75. The quantitative estimate of drug-likeness (QED) is 0.527. The van der Waals surface area contributed by atoms with E-state index in [1.807, 2.05) is 24.3 Å². The van der Waals surface area contributed by atoms with Crippen LogP contribution in [0.15, 0.2) is 35.7 Å². The van der Waals surface area contributed by atoms with E-state index in [0.717, 1.165) is 10.9 Å². The highest BCUT2D eigenvalue weighted by Gasteiger charge is 2.19. The number of rotatable bonds is 7. The van der Waals surface area contributed by atoms with Gasteiger partial charge in [-0.1, -0.05) is 18.2 Å². The van der Waals surface area contributed by atoms with Crippen LogP contribution >= 0.6 is 11.3 Å². The van der Waals surface area contributed by atoms with Gasteiger partial charge in [-0.2, -0.15) is 0 Å². The Hall–Kier alpha value is -3.20. The van der Waals surface area contributed by atoms with Gasteiger partial charge in [0.05, 0.1) is 18.7 Å². The Labute approximate surface area is 165 Å². The number of esters is 1. The Bertz CT molecular complexity index is 977. The molecule has 0 radical (unpaired) electrons. The maximum Gasteiger partial charge on any atom is 0.311 e. The zero-order valence-corrected chi connectivity index (χ0v) is 16.3. The van der Waals surface area contributed by atoms with Crippen LogP contribution in [0.5, 0.6) is 0 Å². The van der Waals surface area contributed by atoms with Crippen molar-refractivity contribution in [3.8, 4) is 0 Å². The zero-order chi connectivity index (χ0) is 20.1. The van der Waals surface area contributed by atoms with Crippen LogP contribution in [0.2, 0.25) is 0 Å². The maximum absolute atomic E-state index is 12.4. The van der Waals surface area contributed by atoms with Crippen molar-refractivity contribution >= 4 is 45.2 Å². The summed E-state index contributed by atoms with van der Waals surface area (Å²) in [5.74, 6) is -1.15. The van der Waals surface area contributed by atoms with Crippen molar-refractivity contribution in [3.63, 3.8) is 0 Å². The number of hydrogen-bond donors (Lipinski definition) is 3. The fraction of sp³-hybridized carbons (Fsp3) is 0.263. The summed E-state index contributed by atoms with van der Waals surface area (Å²) in [7, 11) is 0. The van der Waals surface area contributed by atoms with E-state index in [0.29, 0.717) is 23.1 Å². The molecule has 146 valence electrons. The van der Waals surface area contributed by atoms with Gasteiger partial charge in [0.2, 0.25) is 5.91 Å². The highest BCUT2D eigenvalue weighted by atomic mass is 32.1. The SMILES string of the molecule is CCOC(=O)Cc1csc(NC(=O)[C@H](C)NC(=O)c2cc3ccccc3[nH]2)n1. The van der Waals surface area contributed by atoms with Crippen LogP contribution in [-0.2, 0) is 20.7 Å². The van der Waals surface area contributed by atoms with Gasteiger partial charge in [0.15, 0.2) is 5.13 Å². The second kappa shape index (κ2) is 8.66. The van der Waals surface area contributed by atoms with Crippen LogP contribution in [0.3, 0.4) is 0 Å². The first kappa shape index (κ1) is 19.6. The van der Waals surface area contributed by atoms with E-state index in [-0.39, 0.29) is 18.3 Å². The molecule has 28 heavy (non-hydrogen) atoms.